The van der Waals surface area contributed by atoms with Crippen LogP contribution < -0.4 is 10.2 Å². The molecule has 1 fully saturated rings. The lowest BCUT2D eigenvalue weighted by molar-refractivity contribution is 0.0927. The number of aromatic nitrogens is 4. The maximum Gasteiger partial charge on any atom is 0.272 e. The number of fused-ring (bicyclic) bond motifs is 1. The molecule has 0 radical (unpaired) electrons. The van der Waals surface area contributed by atoms with Crippen molar-refractivity contribution < 1.29 is 4.79 Å². The number of rotatable bonds is 3. The Morgan fingerprint density at radius 3 is 3.04 bits per heavy atom. The van der Waals surface area contributed by atoms with Crippen molar-refractivity contribution >= 4 is 38.7 Å². The van der Waals surface area contributed by atoms with Crippen LogP contribution in [0.1, 0.15) is 23.3 Å². The third-order valence-corrected chi connectivity index (χ3v) is 5.01. The van der Waals surface area contributed by atoms with Crippen LogP contribution in [0.4, 0.5) is 5.95 Å². The molecule has 1 aliphatic rings. The number of halogens is 1. The molecule has 0 spiro atoms. The van der Waals surface area contributed by atoms with Crippen LogP contribution in [0.5, 0.6) is 0 Å². The molecular weight excluding hydrogens is 396 g/mol. The summed E-state index contributed by atoms with van der Waals surface area (Å²) >= 11 is 3.47. The van der Waals surface area contributed by atoms with E-state index in [1.807, 2.05) is 24.4 Å². The third-order valence-electron chi connectivity index (χ3n) is 4.51. The Morgan fingerprint density at radius 1 is 1.35 bits per heavy atom. The largest absolute Gasteiger partial charge is 0.346 e. The summed E-state index contributed by atoms with van der Waals surface area (Å²) in [5.74, 6) is 0.568. The van der Waals surface area contributed by atoms with Gasteiger partial charge in [0.2, 0.25) is 5.95 Å². The molecule has 1 saturated heterocycles. The Bertz CT molecular complexity index is 956. The number of nitrogens with zero attached hydrogens (tertiary/aromatic N) is 5. The van der Waals surface area contributed by atoms with Crippen molar-refractivity contribution in [2.24, 2.45) is 7.05 Å². The summed E-state index contributed by atoms with van der Waals surface area (Å²) in [6.07, 6.45) is 5.53. The molecule has 3 heterocycles. The predicted molar refractivity (Wildman–Crippen MR) is 103 cm³/mol. The first-order chi connectivity index (χ1) is 12.6. The molecule has 1 unspecified atom stereocenters. The van der Waals surface area contributed by atoms with Crippen LogP contribution in [0.15, 0.2) is 41.1 Å². The number of nitrogens with one attached hydrogen (secondary N) is 1. The Balaban J connectivity index is 1.48. The lowest BCUT2D eigenvalue weighted by Crippen LogP contribution is -2.48. The molecule has 134 valence electrons. The first-order valence-corrected chi connectivity index (χ1v) is 9.35. The molecule has 1 aromatic carbocycles. The lowest BCUT2D eigenvalue weighted by Gasteiger charge is -2.33. The highest BCUT2D eigenvalue weighted by molar-refractivity contribution is 9.10. The molecule has 0 saturated carbocycles. The van der Waals surface area contributed by atoms with Gasteiger partial charge in [0.05, 0.1) is 5.52 Å². The fourth-order valence-corrected chi connectivity index (χ4v) is 3.60. The van der Waals surface area contributed by atoms with Crippen LogP contribution in [0, 0.1) is 0 Å². The van der Waals surface area contributed by atoms with Gasteiger partial charge in [-0.2, -0.15) is 5.10 Å². The van der Waals surface area contributed by atoms with Gasteiger partial charge in [-0.15, -0.1) is 0 Å². The quantitative estimate of drug-likeness (QED) is 0.712. The van der Waals surface area contributed by atoms with E-state index in [4.69, 9.17) is 0 Å². The predicted octanol–water partition coefficient (Wildman–Crippen LogP) is 2.52. The molecule has 1 N–H and O–H groups in total. The minimum Gasteiger partial charge on any atom is -0.346 e. The second-order valence-electron chi connectivity index (χ2n) is 6.51. The second-order valence-corrected chi connectivity index (χ2v) is 7.42. The van der Waals surface area contributed by atoms with Crippen molar-refractivity contribution in [3.05, 3.63) is 46.8 Å². The number of aryl methyl sites for hydroxylation is 1. The Kier molecular flexibility index (Phi) is 4.58. The van der Waals surface area contributed by atoms with Gasteiger partial charge in [-0.3, -0.25) is 9.48 Å². The van der Waals surface area contributed by atoms with Gasteiger partial charge in [-0.05, 0) is 37.1 Å². The number of hydrogen-bond donors (Lipinski definition) is 1. The van der Waals surface area contributed by atoms with E-state index in [1.54, 1.807) is 24.0 Å². The highest BCUT2D eigenvalue weighted by Crippen LogP contribution is 2.22. The van der Waals surface area contributed by atoms with Crippen LogP contribution >= 0.6 is 15.9 Å². The van der Waals surface area contributed by atoms with Crippen LogP contribution in [-0.4, -0.2) is 44.8 Å². The Labute approximate surface area is 159 Å². The number of carbonyl (C=O) groups is 1. The van der Waals surface area contributed by atoms with E-state index < -0.39 is 0 Å². The summed E-state index contributed by atoms with van der Waals surface area (Å²) in [7, 11) is 1.80. The van der Waals surface area contributed by atoms with Gasteiger partial charge in [0, 0.05) is 48.4 Å². The molecule has 0 aliphatic carbocycles. The van der Waals surface area contributed by atoms with Gasteiger partial charge in [0.15, 0.2) is 0 Å². The SMILES string of the molecule is Cn1ccc(C(=O)NC2CCCN(c3ncc4cc(Br)ccc4n3)C2)n1. The van der Waals surface area contributed by atoms with Crippen LogP contribution in [-0.2, 0) is 7.05 Å². The van der Waals surface area contributed by atoms with Gasteiger partial charge in [0.25, 0.3) is 5.91 Å². The van der Waals surface area contributed by atoms with E-state index in [0.29, 0.717) is 18.2 Å². The van der Waals surface area contributed by atoms with Gasteiger partial charge < -0.3 is 10.2 Å². The van der Waals surface area contributed by atoms with Crippen molar-refractivity contribution in [3.63, 3.8) is 0 Å². The standard InChI is InChI=1S/C18H19BrN6O/c1-24-8-6-16(23-24)17(26)21-14-3-2-7-25(11-14)18-20-10-12-9-13(19)4-5-15(12)22-18/h4-6,8-10,14H,2-3,7,11H2,1H3,(H,21,26). The van der Waals surface area contributed by atoms with E-state index >= 15 is 0 Å². The average Bonchev–Trinajstić information content (AvgIpc) is 3.08. The van der Waals surface area contributed by atoms with Crippen molar-refractivity contribution in [3.8, 4) is 0 Å². The lowest BCUT2D eigenvalue weighted by atomic mass is 10.1. The summed E-state index contributed by atoms with van der Waals surface area (Å²) in [5, 5.41) is 8.23. The molecule has 8 heteroatoms. The van der Waals surface area contributed by atoms with Gasteiger partial charge in [-0.1, -0.05) is 15.9 Å². The van der Waals surface area contributed by atoms with Gasteiger partial charge in [-0.25, -0.2) is 9.97 Å². The van der Waals surface area contributed by atoms with Crippen molar-refractivity contribution in [2.45, 2.75) is 18.9 Å². The molecule has 26 heavy (non-hydrogen) atoms. The van der Waals surface area contributed by atoms with E-state index in [9.17, 15) is 4.79 Å². The number of benzene rings is 1. The zero-order valence-corrected chi connectivity index (χ0v) is 16.0. The molecule has 4 rings (SSSR count). The molecule has 0 bridgehead atoms. The smallest absolute Gasteiger partial charge is 0.272 e. The van der Waals surface area contributed by atoms with Gasteiger partial charge >= 0.3 is 0 Å². The normalized spacial score (nSPS) is 17.5. The van der Waals surface area contributed by atoms with Crippen LogP contribution in [0.2, 0.25) is 0 Å². The molecule has 2 aromatic heterocycles. The molecule has 1 amide bonds. The van der Waals surface area contributed by atoms with Gasteiger partial charge in [0.1, 0.15) is 5.69 Å². The zero-order valence-electron chi connectivity index (χ0n) is 14.4. The van der Waals surface area contributed by atoms with Crippen molar-refractivity contribution in [1.82, 2.24) is 25.1 Å². The summed E-state index contributed by atoms with van der Waals surface area (Å²) in [6.45, 7) is 1.58. The van der Waals surface area contributed by atoms with E-state index in [1.165, 1.54) is 0 Å². The fraction of sp³-hybridized carbons (Fsp3) is 0.333. The minimum absolute atomic E-state index is 0.0578. The van der Waals surface area contributed by atoms with Crippen molar-refractivity contribution in [2.75, 3.05) is 18.0 Å². The zero-order chi connectivity index (χ0) is 18.1. The summed E-state index contributed by atoms with van der Waals surface area (Å²) in [6, 6.07) is 7.74. The monoisotopic (exact) mass is 414 g/mol. The minimum atomic E-state index is -0.137. The van der Waals surface area contributed by atoms with Crippen LogP contribution in [0.3, 0.4) is 0 Å². The highest BCUT2D eigenvalue weighted by atomic mass is 79.9. The maximum atomic E-state index is 12.3. The fourth-order valence-electron chi connectivity index (χ4n) is 3.22. The highest BCUT2D eigenvalue weighted by Gasteiger charge is 2.24. The molecule has 7 nitrogen and oxygen atoms in total. The molecule has 3 aromatic rings. The summed E-state index contributed by atoms with van der Waals surface area (Å²) in [5.41, 5.74) is 1.36. The number of hydrogen-bond acceptors (Lipinski definition) is 5. The Hall–Kier alpha value is -2.48. The van der Waals surface area contributed by atoms with E-state index in [2.05, 4.69) is 41.2 Å². The number of anilines is 1. The number of amides is 1. The van der Waals surface area contributed by atoms with Crippen molar-refractivity contribution in [1.29, 1.82) is 0 Å². The summed E-state index contributed by atoms with van der Waals surface area (Å²) < 4.78 is 2.64. The maximum absolute atomic E-state index is 12.3. The Morgan fingerprint density at radius 2 is 2.23 bits per heavy atom. The second kappa shape index (κ2) is 7.03. The van der Waals surface area contributed by atoms with E-state index in [0.717, 1.165) is 34.8 Å². The third kappa shape index (κ3) is 3.55. The molecule has 1 aliphatic heterocycles. The van der Waals surface area contributed by atoms with Crippen LogP contribution in [0.25, 0.3) is 10.9 Å². The van der Waals surface area contributed by atoms with E-state index in [-0.39, 0.29) is 11.9 Å². The topological polar surface area (TPSA) is 75.9 Å². The number of piperidine rings is 1. The summed E-state index contributed by atoms with van der Waals surface area (Å²) in [4.78, 5) is 23.7. The number of carbonyl (C=O) groups excluding carboxylic acids is 1. The molecule has 1 atom stereocenters. The molecular formula is C18H19BrN6O. The first kappa shape index (κ1) is 17.0. The average molecular weight is 415 g/mol. The first-order valence-electron chi connectivity index (χ1n) is 8.56.